The molecule has 0 spiro atoms. The number of hydrogen-bond donors (Lipinski definition) is 1. The van der Waals surface area contributed by atoms with Gasteiger partial charge in [-0.1, -0.05) is 45.0 Å². The van der Waals surface area contributed by atoms with Gasteiger partial charge >= 0.3 is 5.97 Å². The van der Waals surface area contributed by atoms with E-state index in [0.717, 1.165) is 11.1 Å². The molecule has 0 saturated carbocycles. The topological polar surface area (TPSA) is 74.7 Å². The summed E-state index contributed by atoms with van der Waals surface area (Å²) in [7, 11) is 0. The second kappa shape index (κ2) is 7.16. The van der Waals surface area contributed by atoms with Crippen molar-refractivity contribution in [2.45, 2.75) is 45.4 Å². The van der Waals surface area contributed by atoms with E-state index in [1.54, 1.807) is 0 Å². The third-order valence-electron chi connectivity index (χ3n) is 4.47. The Kier molecular flexibility index (Phi) is 5.42. The molecule has 0 bridgehead atoms. The Morgan fingerprint density at radius 1 is 1.21 bits per heavy atom. The first-order chi connectivity index (χ1) is 11.2. The third kappa shape index (κ3) is 4.22. The molecule has 1 saturated heterocycles. The van der Waals surface area contributed by atoms with Crippen LogP contribution in [-0.2, 0) is 26.2 Å². The lowest BCUT2D eigenvalue weighted by atomic mass is 9.82. The van der Waals surface area contributed by atoms with Gasteiger partial charge in [0.05, 0.1) is 5.92 Å². The fraction of sp³-hybridized carbons (Fsp3) is 0.526. The number of amides is 1. The lowest BCUT2D eigenvalue weighted by molar-refractivity contribution is -0.150. The van der Waals surface area contributed by atoms with Crippen LogP contribution < -0.4 is 0 Å². The van der Waals surface area contributed by atoms with E-state index in [1.165, 1.54) is 4.90 Å². The van der Waals surface area contributed by atoms with Crippen molar-refractivity contribution in [1.29, 1.82) is 0 Å². The maximum absolute atomic E-state index is 12.4. The number of rotatable bonds is 4. The summed E-state index contributed by atoms with van der Waals surface area (Å²) in [5.74, 6) is -2.52. The van der Waals surface area contributed by atoms with E-state index in [9.17, 15) is 14.4 Å². The highest BCUT2D eigenvalue weighted by Crippen LogP contribution is 2.26. The van der Waals surface area contributed by atoms with Gasteiger partial charge in [-0.15, -0.1) is 0 Å². The number of ketones is 1. The van der Waals surface area contributed by atoms with Crippen LogP contribution in [0.1, 0.15) is 44.7 Å². The van der Waals surface area contributed by atoms with E-state index in [4.69, 9.17) is 5.11 Å². The van der Waals surface area contributed by atoms with Gasteiger partial charge in [0.15, 0.2) is 0 Å². The van der Waals surface area contributed by atoms with Gasteiger partial charge in [0.1, 0.15) is 0 Å². The van der Waals surface area contributed by atoms with Crippen molar-refractivity contribution in [3.63, 3.8) is 0 Å². The first-order valence-corrected chi connectivity index (χ1v) is 8.33. The van der Waals surface area contributed by atoms with Crippen LogP contribution in [0, 0.1) is 5.92 Å². The van der Waals surface area contributed by atoms with Crippen molar-refractivity contribution in [2.24, 2.45) is 5.92 Å². The van der Waals surface area contributed by atoms with Gasteiger partial charge in [-0.2, -0.15) is 0 Å². The molecule has 1 amide bonds. The van der Waals surface area contributed by atoms with Crippen molar-refractivity contribution < 1.29 is 19.5 Å². The quantitative estimate of drug-likeness (QED) is 0.860. The van der Waals surface area contributed by atoms with Crippen LogP contribution >= 0.6 is 0 Å². The van der Waals surface area contributed by atoms with Crippen LogP contribution in [0.15, 0.2) is 24.3 Å². The normalized spacial score (nSPS) is 18.3. The largest absolute Gasteiger partial charge is 0.481 e. The Morgan fingerprint density at radius 3 is 2.50 bits per heavy atom. The number of aliphatic carboxylic acids is 1. The van der Waals surface area contributed by atoms with E-state index >= 15 is 0 Å². The highest BCUT2D eigenvalue weighted by molar-refractivity contribution is 6.36. The first kappa shape index (κ1) is 18.2. The molecule has 1 aliphatic heterocycles. The van der Waals surface area contributed by atoms with Crippen LogP contribution in [-0.4, -0.2) is 40.8 Å². The van der Waals surface area contributed by atoms with Gasteiger partial charge in [0, 0.05) is 19.5 Å². The Hall–Kier alpha value is -2.17. The summed E-state index contributed by atoms with van der Waals surface area (Å²) in [6, 6.07) is 7.65. The summed E-state index contributed by atoms with van der Waals surface area (Å²) in [4.78, 5) is 37.4. The number of piperidine rings is 1. The van der Waals surface area contributed by atoms with Gasteiger partial charge in [0.2, 0.25) is 5.78 Å². The molecule has 130 valence electrons. The van der Waals surface area contributed by atoms with Crippen LogP contribution in [0.2, 0.25) is 0 Å². The van der Waals surface area contributed by atoms with Gasteiger partial charge in [-0.25, -0.2) is 0 Å². The number of carboxylic acids is 1. The number of carbonyl (C=O) groups is 3. The molecular formula is C19H25NO4. The summed E-state index contributed by atoms with van der Waals surface area (Å²) < 4.78 is 0. The molecule has 0 aromatic heterocycles. The standard InChI is InChI=1S/C19H25NO4/c1-19(2,3)15-9-5-4-7-13(15)11-16(21)17(22)20-10-6-8-14(12-20)18(23)24/h4-5,7,9,14H,6,8,10-12H2,1-3H3,(H,23,24)/t14-/m1/s1. The van der Waals surface area contributed by atoms with Crippen molar-refractivity contribution in [3.05, 3.63) is 35.4 Å². The molecule has 0 unspecified atom stereocenters. The number of carboxylic acid groups (broad SMARTS) is 1. The maximum atomic E-state index is 12.4. The number of benzene rings is 1. The average Bonchev–Trinajstić information content (AvgIpc) is 2.53. The lowest BCUT2D eigenvalue weighted by Gasteiger charge is -2.30. The van der Waals surface area contributed by atoms with E-state index in [0.29, 0.717) is 19.4 Å². The molecule has 1 aliphatic rings. The van der Waals surface area contributed by atoms with E-state index in [1.807, 2.05) is 24.3 Å². The van der Waals surface area contributed by atoms with Crippen LogP contribution in [0.25, 0.3) is 0 Å². The molecule has 1 atom stereocenters. The molecule has 1 aromatic rings. The summed E-state index contributed by atoms with van der Waals surface area (Å²) in [5.41, 5.74) is 1.79. The summed E-state index contributed by atoms with van der Waals surface area (Å²) in [5, 5.41) is 9.11. The first-order valence-electron chi connectivity index (χ1n) is 8.33. The highest BCUT2D eigenvalue weighted by atomic mass is 16.4. The SMILES string of the molecule is CC(C)(C)c1ccccc1CC(=O)C(=O)N1CCC[C@@H](C(=O)O)C1. The molecule has 0 aliphatic carbocycles. The Balaban J connectivity index is 2.10. The molecule has 1 N–H and O–H groups in total. The molecule has 5 nitrogen and oxygen atoms in total. The molecule has 1 fully saturated rings. The predicted octanol–water partition coefficient (Wildman–Crippen LogP) is 2.42. The van der Waals surface area contributed by atoms with Crippen LogP contribution in [0.5, 0.6) is 0 Å². The zero-order valence-electron chi connectivity index (χ0n) is 14.5. The second-order valence-corrected chi connectivity index (χ2v) is 7.44. The monoisotopic (exact) mass is 331 g/mol. The molecule has 0 radical (unpaired) electrons. The van der Waals surface area contributed by atoms with Crippen LogP contribution in [0.4, 0.5) is 0 Å². The molecule has 1 heterocycles. The summed E-state index contributed by atoms with van der Waals surface area (Å²) in [6.07, 6.45) is 1.23. The highest BCUT2D eigenvalue weighted by Gasteiger charge is 2.31. The molecule has 24 heavy (non-hydrogen) atoms. The lowest BCUT2D eigenvalue weighted by Crippen LogP contribution is -2.45. The Labute approximate surface area is 142 Å². The fourth-order valence-electron chi connectivity index (χ4n) is 3.19. The number of nitrogens with zero attached hydrogens (tertiary/aromatic N) is 1. The van der Waals surface area contributed by atoms with Crippen molar-refractivity contribution >= 4 is 17.7 Å². The zero-order valence-corrected chi connectivity index (χ0v) is 14.5. The van der Waals surface area contributed by atoms with E-state index in [2.05, 4.69) is 20.8 Å². The van der Waals surface area contributed by atoms with Gasteiger partial charge in [0.25, 0.3) is 5.91 Å². The minimum atomic E-state index is -0.905. The number of hydrogen-bond acceptors (Lipinski definition) is 3. The smallest absolute Gasteiger partial charge is 0.308 e. The minimum Gasteiger partial charge on any atom is -0.481 e. The number of likely N-dealkylation sites (tertiary alicyclic amines) is 1. The third-order valence-corrected chi connectivity index (χ3v) is 4.47. The molecule has 5 heteroatoms. The van der Waals surface area contributed by atoms with Crippen molar-refractivity contribution in [3.8, 4) is 0 Å². The van der Waals surface area contributed by atoms with Gasteiger partial charge in [-0.05, 0) is 29.4 Å². The second-order valence-electron chi connectivity index (χ2n) is 7.44. The van der Waals surface area contributed by atoms with Gasteiger partial charge < -0.3 is 10.0 Å². The number of carbonyl (C=O) groups excluding carboxylic acids is 2. The zero-order chi connectivity index (χ0) is 17.9. The molecule has 2 rings (SSSR count). The van der Waals surface area contributed by atoms with Gasteiger partial charge in [-0.3, -0.25) is 14.4 Å². The van der Waals surface area contributed by atoms with E-state index in [-0.39, 0.29) is 18.4 Å². The van der Waals surface area contributed by atoms with Crippen molar-refractivity contribution in [2.75, 3.05) is 13.1 Å². The summed E-state index contributed by atoms with van der Waals surface area (Å²) >= 11 is 0. The van der Waals surface area contributed by atoms with Crippen LogP contribution in [0.3, 0.4) is 0 Å². The van der Waals surface area contributed by atoms with Crippen molar-refractivity contribution in [1.82, 2.24) is 4.90 Å². The fourth-order valence-corrected chi connectivity index (χ4v) is 3.19. The molecule has 1 aromatic carbocycles. The summed E-state index contributed by atoms with van der Waals surface area (Å²) in [6.45, 7) is 6.79. The Bertz CT molecular complexity index is 645. The number of Topliss-reactive ketones (excluding diaryl/α,β-unsaturated/α-hetero) is 1. The minimum absolute atomic E-state index is 0.0561. The molecular weight excluding hydrogens is 306 g/mol. The Morgan fingerprint density at radius 2 is 1.88 bits per heavy atom. The average molecular weight is 331 g/mol. The van der Waals surface area contributed by atoms with E-state index < -0.39 is 23.6 Å². The maximum Gasteiger partial charge on any atom is 0.308 e. The predicted molar refractivity (Wildman–Crippen MR) is 90.8 cm³/mol.